The van der Waals surface area contributed by atoms with E-state index in [0.29, 0.717) is 5.21 Å². The van der Waals surface area contributed by atoms with Crippen LogP contribution in [-0.2, 0) is 0 Å². The Hall–Kier alpha value is 0.340. The number of thioether (sulfide) groups is 1. The smallest absolute Gasteiger partial charge is 0.0727 e. The SMILES string of the molecule is ClCSc1cccc(Br)c1. The van der Waals surface area contributed by atoms with E-state index in [9.17, 15) is 0 Å². The predicted octanol–water partition coefficient (Wildman–Crippen LogP) is 3.74. The topological polar surface area (TPSA) is 0 Å². The molecule has 0 spiro atoms. The highest BCUT2D eigenvalue weighted by Gasteiger charge is 1.91. The Kier molecular flexibility index (Phi) is 3.60. The lowest BCUT2D eigenvalue weighted by atomic mass is 10.4. The van der Waals surface area contributed by atoms with Crippen LogP contribution < -0.4 is 0 Å². The predicted molar refractivity (Wildman–Crippen MR) is 50.7 cm³/mol. The zero-order chi connectivity index (χ0) is 7.40. The molecule has 0 bridgehead atoms. The van der Waals surface area contributed by atoms with Crippen LogP contribution in [0.15, 0.2) is 33.6 Å². The molecule has 0 heterocycles. The van der Waals surface area contributed by atoms with E-state index >= 15 is 0 Å². The van der Waals surface area contributed by atoms with Gasteiger partial charge >= 0.3 is 0 Å². The summed E-state index contributed by atoms with van der Waals surface area (Å²) in [6, 6.07) is 8.09. The molecule has 0 atom stereocenters. The molecule has 0 nitrogen and oxygen atoms in total. The summed E-state index contributed by atoms with van der Waals surface area (Å²) in [6.45, 7) is 0. The molecule has 0 aliphatic rings. The highest BCUT2D eigenvalue weighted by atomic mass is 79.9. The summed E-state index contributed by atoms with van der Waals surface area (Å²) in [7, 11) is 0. The second-order valence-electron chi connectivity index (χ2n) is 1.71. The number of halogens is 2. The first-order valence-electron chi connectivity index (χ1n) is 2.77. The number of hydrogen-bond donors (Lipinski definition) is 0. The van der Waals surface area contributed by atoms with Crippen LogP contribution in [0.1, 0.15) is 0 Å². The summed E-state index contributed by atoms with van der Waals surface area (Å²) in [4.78, 5) is 1.20. The van der Waals surface area contributed by atoms with Gasteiger partial charge in [0.15, 0.2) is 0 Å². The van der Waals surface area contributed by atoms with E-state index in [0.717, 1.165) is 4.47 Å². The fourth-order valence-electron chi connectivity index (χ4n) is 0.620. The van der Waals surface area contributed by atoms with Gasteiger partial charge in [-0.05, 0) is 18.2 Å². The fourth-order valence-corrected chi connectivity index (χ4v) is 2.06. The van der Waals surface area contributed by atoms with Gasteiger partial charge in [0.25, 0.3) is 0 Å². The van der Waals surface area contributed by atoms with E-state index in [1.807, 2.05) is 24.3 Å². The molecule has 0 aromatic heterocycles. The molecule has 1 aromatic rings. The summed E-state index contributed by atoms with van der Waals surface area (Å²) in [5.41, 5.74) is 0. The van der Waals surface area contributed by atoms with Crippen molar-refractivity contribution in [3.05, 3.63) is 28.7 Å². The molecular weight excluding hydrogens is 232 g/mol. The molecular formula is C7H6BrClS. The van der Waals surface area contributed by atoms with Crippen LogP contribution in [0.3, 0.4) is 0 Å². The molecule has 1 aromatic carbocycles. The molecule has 0 unspecified atom stereocenters. The van der Waals surface area contributed by atoms with Crippen LogP contribution in [0.2, 0.25) is 0 Å². The first-order chi connectivity index (χ1) is 4.83. The normalized spacial score (nSPS) is 9.80. The summed E-state index contributed by atoms with van der Waals surface area (Å²) in [5.74, 6) is 0. The van der Waals surface area contributed by atoms with Gasteiger partial charge in [-0.25, -0.2) is 0 Å². The zero-order valence-corrected chi connectivity index (χ0v) is 8.34. The molecule has 0 aliphatic carbocycles. The van der Waals surface area contributed by atoms with E-state index in [4.69, 9.17) is 11.6 Å². The average molecular weight is 238 g/mol. The summed E-state index contributed by atoms with van der Waals surface area (Å²) >= 11 is 10.5. The van der Waals surface area contributed by atoms with E-state index in [-0.39, 0.29) is 0 Å². The third kappa shape index (κ3) is 2.52. The van der Waals surface area contributed by atoms with Crippen LogP contribution >= 0.6 is 39.3 Å². The minimum absolute atomic E-state index is 0.608. The summed E-state index contributed by atoms with van der Waals surface area (Å²) in [5, 5.41) is 0.608. The molecule has 3 heteroatoms. The standard InChI is InChI=1S/C7H6BrClS/c8-6-2-1-3-7(4-6)10-5-9/h1-4H,5H2. The van der Waals surface area contributed by atoms with Crippen molar-refractivity contribution < 1.29 is 0 Å². The maximum atomic E-state index is 5.54. The second kappa shape index (κ2) is 4.27. The lowest BCUT2D eigenvalue weighted by Gasteiger charge is -1.95. The Labute approximate surface area is 78.1 Å². The van der Waals surface area contributed by atoms with Crippen molar-refractivity contribution in [3.8, 4) is 0 Å². The van der Waals surface area contributed by atoms with E-state index < -0.39 is 0 Å². The van der Waals surface area contributed by atoms with Crippen LogP contribution in [0, 0.1) is 0 Å². The average Bonchev–Trinajstić information content (AvgIpc) is 1.88. The molecule has 1 rings (SSSR count). The third-order valence-corrected chi connectivity index (χ3v) is 2.53. The van der Waals surface area contributed by atoms with Crippen LogP contribution in [0.5, 0.6) is 0 Å². The molecule has 0 saturated carbocycles. The van der Waals surface area contributed by atoms with E-state index in [2.05, 4.69) is 15.9 Å². The van der Waals surface area contributed by atoms with Crippen molar-refractivity contribution in [1.29, 1.82) is 0 Å². The van der Waals surface area contributed by atoms with Gasteiger partial charge in [0.2, 0.25) is 0 Å². The largest absolute Gasteiger partial charge is 0.114 e. The first kappa shape index (κ1) is 8.44. The van der Waals surface area contributed by atoms with Crippen LogP contribution in [0.4, 0.5) is 0 Å². The Morgan fingerprint density at radius 2 is 2.30 bits per heavy atom. The van der Waals surface area contributed by atoms with Crippen molar-refractivity contribution >= 4 is 39.3 Å². The van der Waals surface area contributed by atoms with Crippen LogP contribution in [0.25, 0.3) is 0 Å². The van der Waals surface area contributed by atoms with E-state index in [1.54, 1.807) is 11.8 Å². The first-order valence-corrected chi connectivity index (χ1v) is 5.08. The molecule has 0 amide bonds. The number of rotatable bonds is 2. The van der Waals surface area contributed by atoms with Crippen molar-refractivity contribution in [3.63, 3.8) is 0 Å². The maximum Gasteiger partial charge on any atom is 0.0727 e. The molecule has 0 fully saturated rings. The molecule has 0 aliphatic heterocycles. The van der Waals surface area contributed by atoms with Crippen molar-refractivity contribution in [2.24, 2.45) is 0 Å². The molecule has 0 saturated heterocycles. The molecule has 0 radical (unpaired) electrons. The Bertz CT molecular complexity index is 215. The number of alkyl halides is 1. The molecule has 0 N–H and O–H groups in total. The minimum Gasteiger partial charge on any atom is -0.114 e. The lowest BCUT2D eigenvalue weighted by molar-refractivity contribution is 1.44. The summed E-state index contributed by atoms with van der Waals surface area (Å²) in [6.07, 6.45) is 0. The maximum absolute atomic E-state index is 5.54. The van der Waals surface area contributed by atoms with Crippen LogP contribution in [-0.4, -0.2) is 5.21 Å². The zero-order valence-electron chi connectivity index (χ0n) is 5.18. The van der Waals surface area contributed by atoms with E-state index in [1.165, 1.54) is 4.90 Å². The number of benzene rings is 1. The Morgan fingerprint density at radius 3 is 2.90 bits per heavy atom. The monoisotopic (exact) mass is 236 g/mol. The van der Waals surface area contributed by atoms with Gasteiger partial charge < -0.3 is 0 Å². The van der Waals surface area contributed by atoms with Gasteiger partial charge in [-0.3, -0.25) is 0 Å². The summed E-state index contributed by atoms with van der Waals surface area (Å²) < 4.78 is 1.10. The third-order valence-electron chi connectivity index (χ3n) is 1.02. The Balaban J connectivity index is 2.75. The van der Waals surface area contributed by atoms with Gasteiger partial charge in [0.1, 0.15) is 0 Å². The van der Waals surface area contributed by atoms with Crippen molar-refractivity contribution in [2.75, 3.05) is 5.21 Å². The van der Waals surface area contributed by atoms with Gasteiger partial charge in [-0.1, -0.05) is 22.0 Å². The minimum atomic E-state index is 0.608. The highest BCUT2D eigenvalue weighted by Crippen LogP contribution is 2.22. The fraction of sp³-hybridized carbons (Fsp3) is 0.143. The Morgan fingerprint density at radius 1 is 1.50 bits per heavy atom. The quantitative estimate of drug-likeness (QED) is 0.558. The van der Waals surface area contributed by atoms with Crippen molar-refractivity contribution in [2.45, 2.75) is 4.90 Å². The lowest BCUT2D eigenvalue weighted by Crippen LogP contribution is -1.69. The molecule has 54 valence electrons. The van der Waals surface area contributed by atoms with Gasteiger partial charge in [0.05, 0.1) is 5.21 Å². The van der Waals surface area contributed by atoms with Crippen molar-refractivity contribution in [1.82, 2.24) is 0 Å². The van der Waals surface area contributed by atoms with Gasteiger partial charge in [-0.15, -0.1) is 23.4 Å². The number of hydrogen-bond acceptors (Lipinski definition) is 1. The van der Waals surface area contributed by atoms with Gasteiger partial charge in [-0.2, -0.15) is 0 Å². The van der Waals surface area contributed by atoms with Gasteiger partial charge in [0, 0.05) is 9.37 Å². The highest BCUT2D eigenvalue weighted by molar-refractivity contribution is 9.10. The molecule has 10 heavy (non-hydrogen) atoms. The second-order valence-corrected chi connectivity index (χ2v) is 4.26.